The van der Waals surface area contributed by atoms with E-state index in [0.29, 0.717) is 23.3 Å². The summed E-state index contributed by atoms with van der Waals surface area (Å²) in [6.45, 7) is 4.47. The van der Waals surface area contributed by atoms with Crippen molar-refractivity contribution in [2.24, 2.45) is 7.05 Å². The summed E-state index contributed by atoms with van der Waals surface area (Å²) in [5.74, 6) is 0.552. The number of phenols is 1. The van der Waals surface area contributed by atoms with Gasteiger partial charge in [-0.15, -0.1) is 0 Å². The van der Waals surface area contributed by atoms with Gasteiger partial charge >= 0.3 is 0 Å². The topological polar surface area (TPSA) is 58.4 Å². The molecular weight excluding hydrogens is 302 g/mol. The first kappa shape index (κ1) is 15.3. The van der Waals surface area contributed by atoms with Crippen LogP contribution in [-0.4, -0.2) is 32.6 Å². The molecule has 1 aliphatic heterocycles. The second-order valence-corrected chi connectivity index (χ2v) is 6.38. The molecule has 1 N–H and O–H groups in total. The number of aromatic nitrogens is 2. The zero-order chi connectivity index (χ0) is 15.9. The van der Waals surface area contributed by atoms with Crippen molar-refractivity contribution in [1.82, 2.24) is 14.5 Å². The molecule has 6 heteroatoms. The monoisotopic (exact) mass is 321 g/mol. The average Bonchev–Trinajstić information content (AvgIpc) is 2.50. The van der Waals surface area contributed by atoms with Crippen molar-refractivity contribution < 1.29 is 5.11 Å². The molecule has 5 nitrogen and oxygen atoms in total. The summed E-state index contributed by atoms with van der Waals surface area (Å²) >= 11 is 6.02. The standard InChI is InChI=1S/C16H20ClN3O2/c1-10-8-11(17)15(21)14-13(10)16(22)19(2)12(18-14)9-20-6-4-3-5-7-20/h8,21H,3-7,9H2,1-2H3. The smallest absolute Gasteiger partial charge is 0.261 e. The van der Waals surface area contributed by atoms with Crippen LogP contribution in [0.25, 0.3) is 10.9 Å². The van der Waals surface area contributed by atoms with Gasteiger partial charge < -0.3 is 5.11 Å². The lowest BCUT2D eigenvalue weighted by Crippen LogP contribution is -2.33. The number of aromatic hydroxyl groups is 1. The van der Waals surface area contributed by atoms with E-state index in [1.807, 2.05) is 0 Å². The number of halogens is 1. The molecule has 0 bridgehead atoms. The van der Waals surface area contributed by atoms with Gasteiger partial charge in [-0.2, -0.15) is 0 Å². The molecule has 0 radical (unpaired) electrons. The van der Waals surface area contributed by atoms with Crippen LogP contribution in [0, 0.1) is 6.92 Å². The summed E-state index contributed by atoms with van der Waals surface area (Å²) in [5, 5.41) is 10.8. The van der Waals surface area contributed by atoms with E-state index in [4.69, 9.17) is 11.6 Å². The molecule has 0 atom stereocenters. The fraction of sp³-hybridized carbons (Fsp3) is 0.500. The Morgan fingerprint density at radius 2 is 2.00 bits per heavy atom. The van der Waals surface area contributed by atoms with Gasteiger partial charge in [0.15, 0.2) is 5.75 Å². The highest BCUT2D eigenvalue weighted by molar-refractivity contribution is 6.33. The number of nitrogens with zero attached hydrogens (tertiary/aromatic N) is 3. The highest BCUT2D eigenvalue weighted by atomic mass is 35.5. The molecule has 1 aliphatic rings. The number of rotatable bonds is 2. The van der Waals surface area contributed by atoms with Crippen LogP contribution in [0.5, 0.6) is 5.75 Å². The van der Waals surface area contributed by atoms with Crippen LogP contribution in [0.15, 0.2) is 10.9 Å². The molecule has 1 aromatic heterocycles. The van der Waals surface area contributed by atoms with Gasteiger partial charge in [0.25, 0.3) is 5.56 Å². The number of hydrogen-bond acceptors (Lipinski definition) is 4. The zero-order valence-electron chi connectivity index (χ0n) is 12.9. The lowest BCUT2D eigenvalue weighted by Gasteiger charge is -2.26. The number of phenolic OH excluding ortho intramolecular Hbond substituents is 1. The minimum Gasteiger partial charge on any atom is -0.504 e. The summed E-state index contributed by atoms with van der Waals surface area (Å²) in [6, 6.07) is 1.60. The molecule has 1 aromatic carbocycles. The Labute approximate surface area is 134 Å². The Morgan fingerprint density at radius 3 is 2.68 bits per heavy atom. The molecule has 0 unspecified atom stereocenters. The van der Waals surface area contributed by atoms with Crippen molar-refractivity contribution >= 4 is 22.5 Å². The van der Waals surface area contributed by atoms with E-state index in [1.54, 1.807) is 24.6 Å². The third kappa shape index (κ3) is 2.59. The molecule has 3 rings (SSSR count). The fourth-order valence-electron chi connectivity index (χ4n) is 3.08. The molecule has 0 aliphatic carbocycles. The van der Waals surface area contributed by atoms with Crippen LogP contribution >= 0.6 is 11.6 Å². The number of hydrogen-bond donors (Lipinski definition) is 1. The molecule has 22 heavy (non-hydrogen) atoms. The summed E-state index contributed by atoms with van der Waals surface area (Å²) in [7, 11) is 1.74. The van der Waals surface area contributed by atoms with E-state index in [1.165, 1.54) is 19.3 Å². The lowest BCUT2D eigenvalue weighted by atomic mass is 10.1. The number of aryl methyl sites for hydroxylation is 1. The summed E-state index contributed by atoms with van der Waals surface area (Å²) in [5.41, 5.74) is 0.900. The lowest BCUT2D eigenvalue weighted by molar-refractivity contribution is 0.213. The van der Waals surface area contributed by atoms with Gasteiger partial charge in [-0.25, -0.2) is 4.98 Å². The first-order valence-electron chi connectivity index (χ1n) is 7.59. The largest absolute Gasteiger partial charge is 0.504 e. The number of likely N-dealkylation sites (tertiary alicyclic amines) is 1. The van der Waals surface area contributed by atoms with Crippen molar-refractivity contribution in [3.8, 4) is 5.75 Å². The van der Waals surface area contributed by atoms with Crippen LogP contribution in [0.4, 0.5) is 0 Å². The minimum atomic E-state index is -0.138. The minimum absolute atomic E-state index is 0.111. The van der Waals surface area contributed by atoms with Crippen molar-refractivity contribution in [3.05, 3.63) is 32.8 Å². The molecule has 2 heterocycles. The van der Waals surface area contributed by atoms with Gasteiger partial charge in [0.1, 0.15) is 11.3 Å². The Kier molecular flexibility index (Phi) is 4.10. The Bertz CT molecular complexity index is 779. The van der Waals surface area contributed by atoms with Gasteiger partial charge in [0, 0.05) is 7.05 Å². The Morgan fingerprint density at radius 1 is 1.32 bits per heavy atom. The SMILES string of the molecule is Cc1cc(Cl)c(O)c2nc(CN3CCCCC3)n(C)c(=O)c12. The molecular formula is C16H20ClN3O2. The van der Waals surface area contributed by atoms with Crippen LogP contribution < -0.4 is 5.56 Å². The van der Waals surface area contributed by atoms with E-state index in [2.05, 4.69) is 9.88 Å². The zero-order valence-corrected chi connectivity index (χ0v) is 13.7. The molecule has 1 saturated heterocycles. The first-order valence-corrected chi connectivity index (χ1v) is 7.97. The molecule has 1 fully saturated rings. The van der Waals surface area contributed by atoms with Crippen molar-refractivity contribution in [2.45, 2.75) is 32.7 Å². The predicted octanol–water partition coefficient (Wildman–Crippen LogP) is 2.59. The number of benzene rings is 1. The fourth-order valence-corrected chi connectivity index (χ4v) is 3.33. The van der Waals surface area contributed by atoms with E-state index in [0.717, 1.165) is 18.7 Å². The molecule has 2 aromatic rings. The second kappa shape index (κ2) is 5.89. The predicted molar refractivity (Wildman–Crippen MR) is 87.5 cm³/mol. The quantitative estimate of drug-likeness (QED) is 0.923. The highest BCUT2D eigenvalue weighted by Crippen LogP contribution is 2.32. The van der Waals surface area contributed by atoms with Crippen molar-refractivity contribution in [3.63, 3.8) is 0 Å². The molecule has 118 valence electrons. The maximum Gasteiger partial charge on any atom is 0.261 e. The third-order valence-electron chi connectivity index (χ3n) is 4.39. The van der Waals surface area contributed by atoms with E-state index in [-0.39, 0.29) is 16.3 Å². The van der Waals surface area contributed by atoms with Gasteiger partial charge in [-0.1, -0.05) is 18.0 Å². The van der Waals surface area contributed by atoms with E-state index >= 15 is 0 Å². The molecule has 0 amide bonds. The van der Waals surface area contributed by atoms with Gasteiger partial charge in [0.05, 0.1) is 17.0 Å². The number of fused-ring (bicyclic) bond motifs is 1. The summed E-state index contributed by atoms with van der Waals surface area (Å²) in [4.78, 5) is 19.5. The highest BCUT2D eigenvalue weighted by Gasteiger charge is 2.18. The normalized spacial score (nSPS) is 16.3. The average molecular weight is 322 g/mol. The first-order chi connectivity index (χ1) is 10.5. The second-order valence-electron chi connectivity index (χ2n) is 5.98. The third-order valence-corrected chi connectivity index (χ3v) is 4.67. The molecule has 0 spiro atoms. The maximum absolute atomic E-state index is 12.6. The van der Waals surface area contributed by atoms with Crippen molar-refractivity contribution in [2.75, 3.05) is 13.1 Å². The van der Waals surface area contributed by atoms with Crippen LogP contribution in [0.3, 0.4) is 0 Å². The Hall–Kier alpha value is -1.59. The van der Waals surface area contributed by atoms with Crippen LogP contribution in [-0.2, 0) is 13.6 Å². The van der Waals surface area contributed by atoms with Gasteiger partial charge in [-0.05, 0) is 44.5 Å². The van der Waals surface area contributed by atoms with E-state index in [9.17, 15) is 9.90 Å². The van der Waals surface area contributed by atoms with Crippen LogP contribution in [0.2, 0.25) is 5.02 Å². The van der Waals surface area contributed by atoms with E-state index < -0.39 is 0 Å². The van der Waals surface area contributed by atoms with Gasteiger partial charge in [0.2, 0.25) is 0 Å². The van der Waals surface area contributed by atoms with Gasteiger partial charge in [-0.3, -0.25) is 14.3 Å². The summed E-state index contributed by atoms with van der Waals surface area (Å²) < 4.78 is 1.58. The number of piperidine rings is 1. The molecule has 0 saturated carbocycles. The van der Waals surface area contributed by atoms with Crippen molar-refractivity contribution in [1.29, 1.82) is 0 Å². The van der Waals surface area contributed by atoms with Crippen LogP contribution in [0.1, 0.15) is 30.7 Å². The maximum atomic E-state index is 12.6. The Balaban J connectivity index is 2.13. The summed E-state index contributed by atoms with van der Waals surface area (Å²) in [6.07, 6.45) is 3.62.